The summed E-state index contributed by atoms with van der Waals surface area (Å²) in [7, 11) is 3.65. The smallest absolute Gasteiger partial charge is 0.142 e. The van der Waals surface area contributed by atoms with Gasteiger partial charge in [-0.3, -0.25) is 0 Å². The van der Waals surface area contributed by atoms with Gasteiger partial charge >= 0.3 is 0 Å². The minimum Gasteiger partial charge on any atom is -0.495 e. The zero-order chi connectivity index (χ0) is 15.0. The Morgan fingerprint density at radius 2 is 1.95 bits per heavy atom. The average Bonchev–Trinajstić information content (AvgIpc) is 3.34. The maximum Gasteiger partial charge on any atom is 0.142 e. The third-order valence-electron chi connectivity index (χ3n) is 3.88. The minimum atomic E-state index is 0.470. The second kappa shape index (κ2) is 5.24. The lowest BCUT2D eigenvalue weighted by atomic mass is 10.2. The van der Waals surface area contributed by atoms with Gasteiger partial charge in [0.1, 0.15) is 23.2 Å². The number of ether oxygens (including phenoxy) is 1. The Morgan fingerprint density at radius 3 is 2.62 bits per heavy atom. The van der Waals surface area contributed by atoms with Gasteiger partial charge in [-0.2, -0.15) is 0 Å². The quantitative estimate of drug-likeness (QED) is 0.935. The molecule has 2 N–H and O–H groups in total. The number of nitrogens with zero attached hydrogens (tertiary/aromatic N) is 3. The monoisotopic (exact) mass is 284 g/mol. The molecule has 0 atom stereocenters. The molecular weight excluding hydrogens is 264 g/mol. The van der Waals surface area contributed by atoms with Crippen LogP contribution in [0.15, 0.2) is 24.3 Å². The Labute approximate surface area is 124 Å². The van der Waals surface area contributed by atoms with Gasteiger partial charge in [0, 0.05) is 18.5 Å². The van der Waals surface area contributed by atoms with Crippen LogP contribution in [0, 0.1) is 6.92 Å². The average molecular weight is 284 g/mol. The SMILES string of the molecule is COc1ccccc1N(C)c1nc(C2CC2)nc(N)c1C. The third-order valence-corrected chi connectivity index (χ3v) is 3.88. The molecule has 1 aromatic carbocycles. The first-order chi connectivity index (χ1) is 10.1. The Hall–Kier alpha value is -2.30. The molecule has 110 valence electrons. The first-order valence-electron chi connectivity index (χ1n) is 7.12. The highest BCUT2D eigenvalue weighted by Crippen LogP contribution is 2.41. The first-order valence-corrected chi connectivity index (χ1v) is 7.12. The van der Waals surface area contributed by atoms with Crippen LogP contribution in [0.4, 0.5) is 17.3 Å². The standard InChI is InChI=1S/C16H20N4O/c1-10-14(17)18-15(11-8-9-11)19-16(10)20(2)12-6-4-5-7-13(12)21-3/h4-7,11H,8-9H2,1-3H3,(H2,17,18,19). The van der Waals surface area contributed by atoms with Gasteiger partial charge < -0.3 is 15.4 Å². The van der Waals surface area contributed by atoms with Crippen molar-refractivity contribution in [1.29, 1.82) is 0 Å². The first kappa shape index (κ1) is 13.7. The molecule has 1 saturated carbocycles. The highest BCUT2D eigenvalue weighted by Gasteiger charge is 2.28. The Balaban J connectivity index is 2.06. The second-order valence-electron chi connectivity index (χ2n) is 5.42. The number of hydrogen-bond donors (Lipinski definition) is 1. The van der Waals surface area contributed by atoms with Crippen LogP contribution in [0.5, 0.6) is 5.75 Å². The van der Waals surface area contributed by atoms with E-state index >= 15 is 0 Å². The van der Waals surface area contributed by atoms with Crippen molar-refractivity contribution in [2.75, 3.05) is 24.8 Å². The van der Waals surface area contributed by atoms with E-state index in [1.165, 1.54) is 0 Å². The van der Waals surface area contributed by atoms with Crippen LogP contribution in [0.2, 0.25) is 0 Å². The van der Waals surface area contributed by atoms with Gasteiger partial charge in [0.25, 0.3) is 0 Å². The summed E-state index contributed by atoms with van der Waals surface area (Å²) in [6.45, 7) is 1.95. The molecule has 1 fully saturated rings. The summed E-state index contributed by atoms with van der Waals surface area (Å²) in [4.78, 5) is 11.2. The van der Waals surface area contributed by atoms with E-state index in [1.54, 1.807) is 7.11 Å². The van der Waals surface area contributed by atoms with Gasteiger partial charge in [-0.25, -0.2) is 9.97 Å². The van der Waals surface area contributed by atoms with Crippen LogP contribution in [-0.4, -0.2) is 24.1 Å². The highest BCUT2D eigenvalue weighted by atomic mass is 16.5. The largest absolute Gasteiger partial charge is 0.495 e. The molecule has 1 aliphatic carbocycles. The molecule has 0 saturated heterocycles. The van der Waals surface area contributed by atoms with Gasteiger partial charge in [-0.15, -0.1) is 0 Å². The molecule has 1 heterocycles. The van der Waals surface area contributed by atoms with Crippen molar-refractivity contribution in [1.82, 2.24) is 9.97 Å². The number of benzene rings is 1. The molecule has 1 aromatic heterocycles. The van der Waals surface area contributed by atoms with Crippen LogP contribution < -0.4 is 15.4 Å². The fourth-order valence-electron chi connectivity index (χ4n) is 2.41. The van der Waals surface area contributed by atoms with Crippen molar-refractivity contribution >= 4 is 17.3 Å². The van der Waals surface area contributed by atoms with Crippen LogP contribution >= 0.6 is 0 Å². The van der Waals surface area contributed by atoms with Crippen molar-refractivity contribution in [2.45, 2.75) is 25.7 Å². The van der Waals surface area contributed by atoms with Gasteiger partial charge in [0.15, 0.2) is 0 Å². The fraction of sp³-hybridized carbons (Fsp3) is 0.375. The Morgan fingerprint density at radius 1 is 1.24 bits per heavy atom. The van der Waals surface area contributed by atoms with Crippen molar-refractivity contribution in [2.24, 2.45) is 0 Å². The molecule has 0 bridgehead atoms. The third kappa shape index (κ3) is 2.51. The van der Waals surface area contributed by atoms with E-state index in [1.807, 2.05) is 43.1 Å². The number of aromatic nitrogens is 2. The number of hydrogen-bond acceptors (Lipinski definition) is 5. The van der Waals surface area contributed by atoms with Gasteiger partial charge in [-0.1, -0.05) is 12.1 Å². The van der Waals surface area contributed by atoms with Crippen molar-refractivity contribution < 1.29 is 4.74 Å². The normalized spacial score (nSPS) is 14.0. The van der Waals surface area contributed by atoms with Crippen LogP contribution in [0.25, 0.3) is 0 Å². The van der Waals surface area contributed by atoms with E-state index in [4.69, 9.17) is 15.5 Å². The van der Waals surface area contributed by atoms with E-state index in [0.29, 0.717) is 11.7 Å². The number of rotatable bonds is 4. The maximum absolute atomic E-state index is 6.06. The lowest BCUT2D eigenvalue weighted by Gasteiger charge is -2.23. The van der Waals surface area contributed by atoms with Crippen molar-refractivity contribution in [3.63, 3.8) is 0 Å². The molecule has 5 nitrogen and oxygen atoms in total. The highest BCUT2D eigenvalue weighted by molar-refractivity contribution is 5.70. The Kier molecular flexibility index (Phi) is 3.41. The molecule has 0 aliphatic heterocycles. The lowest BCUT2D eigenvalue weighted by molar-refractivity contribution is 0.415. The Bertz CT molecular complexity index is 667. The van der Waals surface area contributed by atoms with E-state index in [0.717, 1.165) is 41.5 Å². The molecule has 2 aromatic rings. The van der Waals surface area contributed by atoms with Crippen LogP contribution in [0.1, 0.15) is 30.1 Å². The predicted octanol–water partition coefficient (Wildman–Crippen LogP) is 3.02. The number of para-hydroxylation sites is 2. The summed E-state index contributed by atoms with van der Waals surface area (Å²) < 4.78 is 5.43. The minimum absolute atomic E-state index is 0.470. The fourth-order valence-corrected chi connectivity index (χ4v) is 2.41. The van der Waals surface area contributed by atoms with E-state index in [2.05, 4.69) is 4.98 Å². The second-order valence-corrected chi connectivity index (χ2v) is 5.42. The molecule has 21 heavy (non-hydrogen) atoms. The van der Waals surface area contributed by atoms with E-state index in [-0.39, 0.29) is 0 Å². The van der Waals surface area contributed by atoms with E-state index < -0.39 is 0 Å². The number of methoxy groups -OCH3 is 1. The number of nitrogens with two attached hydrogens (primary N) is 1. The maximum atomic E-state index is 6.06. The summed E-state index contributed by atoms with van der Waals surface area (Å²) in [6.07, 6.45) is 2.31. The molecule has 3 rings (SSSR count). The molecule has 0 spiro atoms. The molecule has 1 aliphatic rings. The summed E-state index contributed by atoms with van der Waals surface area (Å²) in [6, 6.07) is 7.88. The van der Waals surface area contributed by atoms with Crippen LogP contribution in [0.3, 0.4) is 0 Å². The van der Waals surface area contributed by atoms with Crippen molar-refractivity contribution in [3.8, 4) is 5.75 Å². The molecule has 0 radical (unpaired) electrons. The zero-order valence-corrected chi connectivity index (χ0v) is 12.6. The molecule has 0 unspecified atom stereocenters. The lowest BCUT2D eigenvalue weighted by Crippen LogP contribution is -2.16. The van der Waals surface area contributed by atoms with Crippen LogP contribution in [-0.2, 0) is 0 Å². The summed E-state index contributed by atoms with van der Waals surface area (Å²) in [5.41, 5.74) is 7.92. The molecule has 0 amide bonds. The van der Waals surface area contributed by atoms with Gasteiger partial charge in [0.2, 0.25) is 0 Å². The van der Waals surface area contributed by atoms with Gasteiger partial charge in [-0.05, 0) is 31.9 Å². The summed E-state index contributed by atoms with van der Waals surface area (Å²) >= 11 is 0. The zero-order valence-electron chi connectivity index (χ0n) is 12.6. The van der Waals surface area contributed by atoms with E-state index in [9.17, 15) is 0 Å². The number of anilines is 3. The topological polar surface area (TPSA) is 64.3 Å². The number of nitrogen functional groups attached to an aromatic ring is 1. The summed E-state index contributed by atoms with van der Waals surface area (Å²) in [5.74, 6) is 3.54. The summed E-state index contributed by atoms with van der Waals surface area (Å²) in [5, 5.41) is 0. The van der Waals surface area contributed by atoms with Gasteiger partial charge in [0.05, 0.1) is 12.8 Å². The van der Waals surface area contributed by atoms with Crippen molar-refractivity contribution in [3.05, 3.63) is 35.7 Å². The molecule has 5 heteroatoms. The molecular formula is C16H20N4O. The predicted molar refractivity (Wildman–Crippen MR) is 84.2 cm³/mol.